The summed E-state index contributed by atoms with van der Waals surface area (Å²) in [5.74, 6) is 1.28. The van der Waals surface area contributed by atoms with Crippen LogP contribution in [0.1, 0.15) is 16.7 Å². The first-order valence-electron chi connectivity index (χ1n) is 6.48. The van der Waals surface area contributed by atoms with Crippen molar-refractivity contribution >= 4 is 17.0 Å². The zero-order chi connectivity index (χ0) is 12.9. The molecule has 0 aliphatic rings. The molecule has 3 rings (SSSR count). The van der Waals surface area contributed by atoms with Gasteiger partial charge in [0.1, 0.15) is 0 Å². The van der Waals surface area contributed by atoms with Gasteiger partial charge in [-0.2, -0.15) is 0 Å². The maximum atomic E-state index is 2.16. The van der Waals surface area contributed by atoms with Crippen LogP contribution in [-0.4, -0.2) is 0 Å². The Morgan fingerprint density at radius 3 is 0.900 bits per heavy atom. The van der Waals surface area contributed by atoms with Crippen molar-refractivity contribution in [3.8, 4) is 0 Å². The minimum atomic E-state index is 0. The van der Waals surface area contributed by atoms with Gasteiger partial charge in [0.15, 0.2) is 0 Å². The highest BCUT2D eigenvalue weighted by atomic mass is 79.9. The van der Waals surface area contributed by atoms with Crippen molar-refractivity contribution in [3.05, 3.63) is 114 Å². The fourth-order valence-electron chi connectivity index (χ4n) is 2.31. The summed E-state index contributed by atoms with van der Waals surface area (Å²) in [5, 5.41) is 0. The molecular formula is C19H16Br. The van der Waals surface area contributed by atoms with E-state index in [4.69, 9.17) is 0 Å². The molecule has 0 bridgehead atoms. The Hall–Kier alpha value is -1.86. The van der Waals surface area contributed by atoms with Crippen LogP contribution in [0.3, 0.4) is 0 Å². The standard InChI is InChI=1S/C19H15.BrH/c1-4-10-16(11-5-1)19(17-12-6-2-7-13-17)18-14-8-3-9-15-18;/h1-15H;1H. The normalized spacial score (nSPS) is 10.1. The van der Waals surface area contributed by atoms with E-state index >= 15 is 0 Å². The zero-order valence-corrected chi connectivity index (χ0v) is 12.8. The second-order valence-corrected chi connectivity index (χ2v) is 4.47. The number of hydrogen-bond donors (Lipinski definition) is 0. The third-order valence-corrected chi connectivity index (χ3v) is 3.19. The minimum absolute atomic E-state index is 0. The van der Waals surface area contributed by atoms with Gasteiger partial charge in [0.05, 0.1) is 5.92 Å². The lowest BCUT2D eigenvalue weighted by Gasteiger charge is -2.17. The van der Waals surface area contributed by atoms with Crippen molar-refractivity contribution in [3.63, 3.8) is 0 Å². The predicted molar refractivity (Wildman–Crippen MR) is 90.2 cm³/mol. The molecule has 20 heavy (non-hydrogen) atoms. The van der Waals surface area contributed by atoms with Crippen molar-refractivity contribution < 1.29 is 0 Å². The van der Waals surface area contributed by atoms with Crippen LogP contribution in [0.4, 0.5) is 0 Å². The number of halogens is 1. The molecule has 1 radical (unpaired) electrons. The van der Waals surface area contributed by atoms with E-state index in [2.05, 4.69) is 91.0 Å². The SMILES string of the molecule is Br.c1ccc([C](c2ccccc2)c2ccccc2)cc1. The van der Waals surface area contributed by atoms with E-state index in [0.717, 1.165) is 0 Å². The van der Waals surface area contributed by atoms with E-state index in [1.807, 2.05) is 0 Å². The fraction of sp³-hybridized carbons (Fsp3) is 0. The lowest BCUT2D eigenvalue weighted by atomic mass is 9.85. The molecule has 0 heterocycles. The summed E-state index contributed by atoms with van der Waals surface area (Å²) >= 11 is 0. The summed E-state index contributed by atoms with van der Waals surface area (Å²) in [6.07, 6.45) is 0. The van der Waals surface area contributed by atoms with E-state index < -0.39 is 0 Å². The molecule has 0 aliphatic carbocycles. The topological polar surface area (TPSA) is 0 Å². The molecule has 1 heteroatoms. The lowest BCUT2D eigenvalue weighted by molar-refractivity contribution is 1.23. The van der Waals surface area contributed by atoms with Crippen molar-refractivity contribution in [1.82, 2.24) is 0 Å². The predicted octanol–water partition coefficient (Wildman–Crippen LogP) is 5.28. The first kappa shape index (κ1) is 14.5. The maximum absolute atomic E-state index is 2.16. The molecule has 0 saturated heterocycles. The number of rotatable bonds is 3. The van der Waals surface area contributed by atoms with Crippen molar-refractivity contribution in [2.75, 3.05) is 0 Å². The lowest BCUT2D eigenvalue weighted by Crippen LogP contribution is -2.03. The van der Waals surface area contributed by atoms with Crippen molar-refractivity contribution in [2.45, 2.75) is 0 Å². The number of hydrogen-bond acceptors (Lipinski definition) is 0. The second kappa shape index (κ2) is 7.06. The van der Waals surface area contributed by atoms with Crippen LogP contribution in [0.15, 0.2) is 91.0 Å². The van der Waals surface area contributed by atoms with Crippen LogP contribution in [0.25, 0.3) is 0 Å². The summed E-state index contributed by atoms with van der Waals surface area (Å²) in [4.78, 5) is 0. The first-order chi connectivity index (χ1) is 9.45. The Balaban J connectivity index is 0.00000147. The molecule has 0 fully saturated rings. The van der Waals surface area contributed by atoms with Crippen molar-refractivity contribution in [1.29, 1.82) is 0 Å². The van der Waals surface area contributed by atoms with Gasteiger partial charge in [-0.3, -0.25) is 0 Å². The van der Waals surface area contributed by atoms with Crippen LogP contribution in [-0.2, 0) is 0 Å². The van der Waals surface area contributed by atoms with Gasteiger partial charge in [-0.1, -0.05) is 91.0 Å². The van der Waals surface area contributed by atoms with Gasteiger partial charge in [-0.05, 0) is 16.7 Å². The van der Waals surface area contributed by atoms with Crippen LogP contribution in [0.2, 0.25) is 0 Å². The summed E-state index contributed by atoms with van der Waals surface area (Å²) in [6.45, 7) is 0. The average Bonchev–Trinajstić information content (AvgIpc) is 2.51. The van der Waals surface area contributed by atoms with Gasteiger partial charge in [0.2, 0.25) is 0 Å². The summed E-state index contributed by atoms with van der Waals surface area (Å²) < 4.78 is 0. The Morgan fingerprint density at radius 1 is 0.400 bits per heavy atom. The van der Waals surface area contributed by atoms with Crippen molar-refractivity contribution in [2.24, 2.45) is 0 Å². The van der Waals surface area contributed by atoms with Crippen LogP contribution in [0.5, 0.6) is 0 Å². The highest BCUT2D eigenvalue weighted by molar-refractivity contribution is 8.93. The van der Waals surface area contributed by atoms with Crippen LogP contribution < -0.4 is 0 Å². The molecule has 0 aromatic heterocycles. The first-order valence-corrected chi connectivity index (χ1v) is 6.48. The largest absolute Gasteiger partial charge is 0.114 e. The average molecular weight is 324 g/mol. The van der Waals surface area contributed by atoms with E-state index in [-0.39, 0.29) is 17.0 Å². The summed E-state index contributed by atoms with van der Waals surface area (Å²) in [6, 6.07) is 31.6. The second-order valence-electron chi connectivity index (χ2n) is 4.47. The highest BCUT2D eigenvalue weighted by Crippen LogP contribution is 2.30. The van der Waals surface area contributed by atoms with Crippen LogP contribution in [0, 0.1) is 5.92 Å². The fourth-order valence-corrected chi connectivity index (χ4v) is 2.31. The summed E-state index contributed by atoms with van der Waals surface area (Å²) in [5.41, 5.74) is 3.75. The molecule has 0 nitrogen and oxygen atoms in total. The molecule has 3 aromatic rings. The van der Waals surface area contributed by atoms with E-state index in [1.54, 1.807) is 0 Å². The highest BCUT2D eigenvalue weighted by Gasteiger charge is 2.16. The minimum Gasteiger partial charge on any atom is -0.114 e. The zero-order valence-electron chi connectivity index (χ0n) is 11.1. The third kappa shape index (κ3) is 3.17. The third-order valence-electron chi connectivity index (χ3n) is 3.19. The molecule has 0 spiro atoms. The Morgan fingerprint density at radius 2 is 0.650 bits per heavy atom. The quantitative estimate of drug-likeness (QED) is 0.575. The Labute approximate surface area is 130 Å². The summed E-state index contributed by atoms with van der Waals surface area (Å²) in [7, 11) is 0. The van der Waals surface area contributed by atoms with E-state index in [0.29, 0.717) is 0 Å². The van der Waals surface area contributed by atoms with Gasteiger partial charge in [0, 0.05) is 0 Å². The van der Waals surface area contributed by atoms with Gasteiger partial charge in [-0.15, -0.1) is 17.0 Å². The van der Waals surface area contributed by atoms with E-state index in [1.165, 1.54) is 22.6 Å². The Kier molecular flexibility index (Phi) is 5.14. The molecular weight excluding hydrogens is 308 g/mol. The molecule has 0 amide bonds. The molecule has 3 aromatic carbocycles. The molecule has 0 atom stereocenters. The monoisotopic (exact) mass is 323 g/mol. The van der Waals surface area contributed by atoms with E-state index in [9.17, 15) is 0 Å². The van der Waals surface area contributed by atoms with Crippen LogP contribution >= 0.6 is 17.0 Å². The molecule has 0 N–H and O–H groups in total. The molecule has 99 valence electrons. The molecule has 0 saturated carbocycles. The molecule has 0 unspecified atom stereocenters. The van der Waals surface area contributed by atoms with Gasteiger partial charge in [-0.25, -0.2) is 0 Å². The molecule has 0 aliphatic heterocycles. The number of benzene rings is 3. The van der Waals surface area contributed by atoms with Gasteiger partial charge < -0.3 is 0 Å². The maximum Gasteiger partial charge on any atom is 0.0629 e. The van der Waals surface area contributed by atoms with Gasteiger partial charge in [0.25, 0.3) is 0 Å². The smallest absolute Gasteiger partial charge is 0.0629 e. The van der Waals surface area contributed by atoms with Gasteiger partial charge >= 0.3 is 0 Å². The Bertz CT molecular complexity index is 524.